The van der Waals surface area contributed by atoms with Crippen molar-refractivity contribution in [2.45, 2.75) is 25.3 Å². The van der Waals surface area contributed by atoms with Crippen molar-refractivity contribution in [3.05, 3.63) is 53.1 Å². The van der Waals surface area contributed by atoms with E-state index < -0.39 is 0 Å². The first-order chi connectivity index (χ1) is 11.8. The Hall–Kier alpha value is -2.67. The van der Waals surface area contributed by atoms with Crippen molar-refractivity contribution < 1.29 is 4.74 Å². The van der Waals surface area contributed by atoms with Crippen LogP contribution in [0.25, 0.3) is 0 Å². The number of nitrogens with zero attached hydrogens (tertiary/aromatic N) is 2. The Kier molecular flexibility index (Phi) is 3.57. The van der Waals surface area contributed by atoms with Crippen LogP contribution in [-0.2, 0) is 6.42 Å². The smallest absolute Gasteiger partial charge is 0.120 e. The fourth-order valence-corrected chi connectivity index (χ4v) is 4.03. The summed E-state index contributed by atoms with van der Waals surface area (Å²) in [7, 11) is 1.68. The van der Waals surface area contributed by atoms with Crippen molar-refractivity contribution in [3.8, 4) is 11.8 Å². The maximum atomic E-state index is 9.85. The van der Waals surface area contributed by atoms with E-state index in [-0.39, 0.29) is 12.0 Å². The summed E-state index contributed by atoms with van der Waals surface area (Å²) in [4.78, 5) is 2.32. The molecule has 2 unspecified atom stereocenters. The average Bonchev–Trinajstić information content (AvgIpc) is 3.21. The molecule has 1 N–H and O–H groups in total. The van der Waals surface area contributed by atoms with Gasteiger partial charge in [-0.1, -0.05) is 18.2 Å². The van der Waals surface area contributed by atoms with Crippen LogP contribution in [0.1, 0.15) is 35.6 Å². The Bertz CT molecular complexity index is 824. The third-order valence-electron chi connectivity index (χ3n) is 5.20. The van der Waals surface area contributed by atoms with Crippen molar-refractivity contribution in [2.75, 3.05) is 30.4 Å². The lowest BCUT2D eigenvalue weighted by Crippen LogP contribution is -2.26. The number of nitriles is 1. The molecule has 2 aromatic carbocycles. The van der Waals surface area contributed by atoms with Gasteiger partial charge in [-0.05, 0) is 42.2 Å². The van der Waals surface area contributed by atoms with E-state index in [1.807, 2.05) is 12.1 Å². The third-order valence-corrected chi connectivity index (χ3v) is 5.20. The van der Waals surface area contributed by atoms with Gasteiger partial charge >= 0.3 is 0 Å². The quantitative estimate of drug-likeness (QED) is 0.933. The van der Waals surface area contributed by atoms with E-state index in [0.717, 1.165) is 36.5 Å². The van der Waals surface area contributed by atoms with Crippen LogP contribution >= 0.6 is 0 Å². The first-order valence-corrected chi connectivity index (χ1v) is 8.47. The summed E-state index contributed by atoms with van der Waals surface area (Å²) in [5.41, 5.74) is 5.99. The van der Waals surface area contributed by atoms with E-state index in [4.69, 9.17) is 4.74 Å². The molecule has 0 bridgehead atoms. The number of rotatable bonds is 3. The highest BCUT2D eigenvalue weighted by Crippen LogP contribution is 2.50. The minimum atomic E-state index is -0.162. The summed E-state index contributed by atoms with van der Waals surface area (Å²) < 4.78 is 5.38. The molecule has 4 heteroatoms. The van der Waals surface area contributed by atoms with Crippen LogP contribution in [0, 0.1) is 11.3 Å². The van der Waals surface area contributed by atoms with E-state index >= 15 is 0 Å². The van der Waals surface area contributed by atoms with Gasteiger partial charge in [-0.3, -0.25) is 0 Å². The van der Waals surface area contributed by atoms with Crippen molar-refractivity contribution in [2.24, 2.45) is 0 Å². The second-order valence-electron chi connectivity index (χ2n) is 6.36. The van der Waals surface area contributed by atoms with Crippen LogP contribution in [0.2, 0.25) is 0 Å². The van der Waals surface area contributed by atoms with Gasteiger partial charge in [0.05, 0.1) is 25.1 Å². The Labute approximate surface area is 142 Å². The molecular weight excluding hydrogens is 298 g/mol. The number of ether oxygens (including phenoxy) is 1. The second-order valence-corrected chi connectivity index (χ2v) is 6.36. The molecule has 4 rings (SSSR count). The zero-order chi connectivity index (χ0) is 16.7. The molecule has 2 aliphatic rings. The van der Waals surface area contributed by atoms with Gasteiger partial charge < -0.3 is 15.0 Å². The number of anilines is 2. The van der Waals surface area contributed by atoms with Crippen LogP contribution in [0.5, 0.6) is 5.75 Å². The Morgan fingerprint density at radius 1 is 1.29 bits per heavy atom. The van der Waals surface area contributed by atoms with Crippen molar-refractivity contribution in [1.29, 1.82) is 5.26 Å². The van der Waals surface area contributed by atoms with Crippen LogP contribution < -0.4 is 15.0 Å². The van der Waals surface area contributed by atoms with Gasteiger partial charge in [0.2, 0.25) is 0 Å². The molecule has 0 saturated heterocycles. The number of nitrogens with one attached hydrogen (secondary N) is 1. The maximum Gasteiger partial charge on any atom is 0.120 e. The lowest BCUT2D eigenvalue weighted by Gasteiger charge is -2.28. The first-order valence-electron chi connectivity index (χ1n) is 8.47. The minimum absolute atomic E-state index is 0.0507. The fraction of sp³-hybridized carbons (Fsp3) is 0.350. The molecule has 24 heavy (non-hydrogen) atoms. The Morgan fingerprint density at radius 3 is 2.92 bits per heavy atom. The SMILES string of the molecule is CCN1c2cc(OC)ccc2C(C#N)C1c1ccc2c(c1)NCC2. The normalized spacial score (nSPS) is 21.0. The summed E-state index contributed by atoms with van der Waals surface area (Å²) >= 11 is 0. The highest BCUT2D eigenvalue weighted by Gasteiger charge is 2.39. The maximum absolute atomic E-state index is 9.85. The van der Waals surface area contributed by atoms with E-state index in [1.54, 1.807) is 7.11 Å². The van der Waals surface area contributed by atoms with Gasteiger partial charge in [-0.2, -0.15) is 5.26 Å². The average molecular weight is 319 g/mol. The summed E-state index contributed by atoms with van der Waals surface area (Å²) in [5.74, 6) is 0.672. The molecule has 2 aliphatic heterocycles. The molecule has 0 aromatic heterocycles. The van der Waals surface area contributed by atoms with Gasteiger partial charge in [-0.25, -0.2) is 0 Å². The van der Waals surface area contributed by atoms with Gasteiger partial charge in [0.1, 0.15) is 5.75 Å². The van der Waals surface area contributed by atoms with Crippen LogP contribution in [-0.4, -0.2) is 20.2 Å². The zero-order valence-corrected chi connectivity index (χ0v) is 14.0. The van der Waals surface area contributed by atoms with Crippen LogP contribution in [0.15, 0.2) is 36.4 Å². The molecule has 0 saturated carbocycles. The number of hydrogen-bond donors (Lipinski definition) is 1. The minimum Gasteiger partial charge on any atom is -0.497 e. The third kappa shape index (κ3) is 2.12. The first kappa shape index (κ1) is 14.9. The van der Waals surface area contributed by atoms with Gasteiger partial charge in [-0.15, -0.1) is 0 Å². The van der Waals surface area contributed by atoms with Crippen molar-refractivity contribution in [3.63, 3.8) is 0 Å². The number of hydrogen-bond acceptors (Lipinski definition) is 4. The fourth-order valence-electron chi connectivity index (χ4n) is 4.03. The lowest BCUT2D eigenvalue weighted by molar-refractivity contribution is 0.415. The van der Waals surface area contributed by atoms with Crippen LogP contribution in [0.3, 0.4) is 0 Å². The molecule has 2 heterocycles. The standard InChI is InChI=1S/C20H21N3O/c1-3-23-19-11-15(24-2)6-7-16(19)17(12-21)20(23)14-5-4-13-8-9-22-18(13)10-14/h4-7,10-11,17,20,22H,3,8-9H2,1-2H3. The monoisotopic (exact) mass is 319 g/mol. The molecule has 4 nitrogen and oxygen atoms in total. The number of likely N-dealkylation sites (N-methyl/N-ethyl adjacent to an activating group) is 1. The summed E-state index contributed by atoms with van der Waals surface area (Å²) in [6.07, 6.45) is 1.08. The van der Waals surface area contributed by atoms with Gasteiger partial charge in [0, 0.05) is 30.5 Å². The summed E-state index contributed by atoms with van der Waals surface area (Å²) in [5, 5.41) is 13.3. The zero-order valence-electron chi connectivity index (χ0n) is 14.0. The number of benzene rings is 2. The Morgan fingerprint density at radius 2 is 2.17 bits per heavy atom. The molecule has 2 atom stereocenters. The second kappa shape index (κ2) is 5.76. The lowest BCUT2D eigenvalue weighted by atomic mass is 9.90. The van der Waals surface area contributed by atoms with Gasteiger partial charge in [0.25, 0.3) is 0 Å². The highest BCUT2D eigenvalue weighted by molar-refractivity contribution is 5.68. The predicted octanol–water partition coefficient (Wildman–Crippen LogP) is 3.85. The molecule has 0 fully saturated rings. The topological polar surface area (TPSA) is 48.3 Å². The molecule has 0 radical (unpaired) electrons. The van der Waals surface area contributed by atoms with E-state index in [2.05, 4.69) is 47.5 Å². The molecule has 0 amide bonds. The molecule has 122 valence electrons. The van der Waals surface area contributed by atoms with E-state index in [0.29, 0.717) is 0 Å². The largest absolute Gasteiger partial charge is 0.497 e. The molecular formula is C20H21N3O. The molecule has 0 spiro atoms. The van der Waals surface area contributed by atoms with E-state index in [9.17, 15) is 5.26 Å². The molecule has 2 aromatic rings. The number of methoxy groups -OCH3 is 1. The van der Waals surface area contributed by atoms with Crippen molar-refractivity contribution in [1.82, 2.24) is 0 Å². The molecule has 0 aliphatic carbocycles. The summed E-state index contributed by atoms with van der Waals surface area (Å²) in [6, 6.07) is 15.2. The van der Waals surface area contributed by atoms with E-state index in [1.165, 1.54) is 16.8 Å². The Balaban J connectivity index is 1.81. The van der Waals surface area contributed by atoms with Crippen molar-refractivity contribution >= 4 is 11.4 Å². The van der Waals surface area contributed by atoms with Crippen LogP contribution in [0.4, 0.5) is 11.4 Å². The number of fused-ring (bicyclic) bond motifs is 2. The highest BCUT2D eigenvalue weighted by atomic mass is 16.5. The van der Waals surface area contributed by atoms with Gasteiger partial charge in [0.15, 0.2) is 0 Å². The predicted molar refractivity (Wildman–Crippen MR) is 95.7 cm³/mol. The summed E-state index contributed by atoms with van der Waals surface area (Å²) in [6.45, 7) is 4.00.